The number of hydrogen-bond donors (Lipinski definition) is 3. The van der Waals surface area contributed by atoms with Gasteiger partial charge in [-0.15, -0.1) is 11.3 Å². The zero-order valence-corrected chi connectivity index (χ0v) is 17.2. The Morgan fingerprint density at radius 1 is 1.17 bits per heavy atom. The molecule has 0 saturated carbocycles. The van der Waals surface area contributed by atoms with Gasteiger partial charge in [0.15, 0.2) is 7.05 Å². The average Bonchev–Trinajstić information content (AvgIpc) is 3.21. The van der Waals surface area contributed by atoms with Crippen molar-refractivity contribution in [3.05, 3.63) is 62.4 Å². The molecule has 0 unspecified atom stereocenters. The van der Waals surface area contributed by atoms with E-state index in [2.05, 4.69) is 20.4 Å². The zero-order chi connectivity index (χ0) is 21.8. The summed E-state index contributed by atoms with van der Waals surface area (Å²) in [4.78, 5) is 49.8. The summed E-state index contributed by atoms with van der Waals surface area (Å²) >= 11 is 0.908. The van der Waals surface area contributed by atoms with E-state index >= 15 is 0 Å². The third-order valence-corrected chi connectivity index (χ3v) is 5.32. The van der Waals surface area contributed by atoms with Crippen molar-refractivity contribution in [2.24, 2.45) is 7.05 Å². The van der Waals surface area contributed by atoms with E-state index in [4.69, 9.17) is 4.74 Å². The number of para-hydroxylation sites is 1. The Morgan fingerprint density at radius 3 is 2.47 bits per heavy atom. The Labute approximate surface area is 174 Å². The first kappa shape index (κ1) is 21.0. The van der Waals surface area contributed by atoms with Crippen LogP contribution in [-0.4, -0.2) is 29.7 Å². The molecule has 2 aromatic heterocycles. The van der Waals surface area contributed by atoms with Crippen molar-refractivity contribution in [3.63, 3.8) is 0 Å². The van der Waals surface area contributed by atoms with Gasteiger partial charge in [-0.25, -0.2) is 9.59 Å². The van der Waals surface area contributed by atoms with E-state index in [1.54, 1.807) is 38.1 Å². The quantitative estimate of drug-likeness (QED) is 0.403. The minimum absolute atomic E-state index is 0.0518. The number of rotatable bonds is 6. The SMILES string of the molecule is CCOC(=O)c1c(NC(=O)c2c(=O)o[nH][n+]2C)sc(C(=O)Nc2ccccc2)c1C. The first-order valence-corrected chi connectivity index (χ1v) is 9.70. The molecule has 0 atom stereocenters. The molecule has 10 nitrogen and oxygen atoms in total. The third kappa shape index (κ3) is 4.15. The summed E-state index contributed by atoms with van der Waals surface area (Å²) in [6.45, 7) is 3.35. The number of ether oxygens (including phenoxy) is 1. The Morgan fingerprint density at radius 2 is 1.87 bits per heavy atom. The van der Waals surface area contributed by atoms with Gasteiger partial charge in [0.25, 0.3) is 5.91 Å². The Bertz CT molecular complexity index is 1160. The Balaban J connectivity index is 1.98. The number of thiophene rings is 1. The second kappa shape index (κ2) is 8.74. The topological polar surface area (TPSA) is 134 Å². The molecule has 0 aliphatic carbocycles. The molecule has 2 heterocycles. The molecule has 1 aromatic carbocycles. The second-order valence-corrected chi connectivity index (χ2v) is 7.16. The van der Waals surface area contributed by atoms with Crippen LogP contribution in [-0.2, 0) is 11.8 Å². The fourth-order valence-electron chi connectivity index (χ4n) is 2.72. The lowest BCUT2D eigenvalue weighted by molar-refractivity contribution is -0.741. The highest BCUT2D eigenvalue weighted by atomic mass is 32.1. The van der Waals surface area contributed by atoms with Gasteiger partial charge in [0.05, 0.1) is 17.0 Å². The van der Waals surface area contributed by atoms with Gasteiger partial charge >= 0.3 is 23.2 Å². The van der Waals surface area contributed by atoms with Crippen molar-refractivity contribution < 1.29 is 28.3 Å². The van der Waals surface area contributed by atoms with Crippen LogP contribution in [0.25, 0.3) is 0 Å². The number of carbonyl (C=O) groups excluding carboxylic acids is 3. The molecule has 11 heteroatoms. The number of aromatic amines is 1. The summed E-state index contributed by atoms with van der Waals surface area (Å²) in [6, 6.07) is 8.81. The lowest BCUT2D eigenvalue weighted by Gasteiger charge is -2.05. The number of nitrogens with zero attached hydrogens (tertiary/aromatic N) is 1. The molecule has 0 spiro atoms. The second-order valence-electron chi connectivity index (χ2n) is 6.14. The van der Waals surface area contributed by atoms with Crippen LogP contribution in [0.15, 0.2) is 39.6 Å². The molecule has 30 heavy (non-hydrogen) atoms. The predicted molar refractivity (Wildman–Crippen MR) is 108 cm³/mol. The van der Waals surface area contributed by atoms with E-state index in [1.807, 2.05) is 6.07 Å². The number of H-pyrrole nitrogens is 1. The monoisotopic (exact) mass is 431 g/mol. The highest BCUT2D eigenvalue weighted by molar-refractivity contribution is 7.19. The van der Waals surface area contributed by atoms with E-state index in [-0.39, 0.29) is 27.7 Å². The normalized spacial score (nSPS) is 10.5. The van der Waals surface area contributed by atoms with Crippen LogP contribution in [0.1, 0.15) is 43.0 Å². The molecule has 0 aliphatic heterocycles. The highest BCUT2D eigenvalue weighted by Gasteiger charge is 2.31. The van der Waals surface area contributed by atoms with E-state index in [1.165, 1.54) is 7.05 Å². The lowest BCUT2D eigenvalue weighted by Crippen LogP contribution is -2.41. The van der Waals surface area contributed by atoms with Crippen molar-refractivity contribution in [2.75, 3.05) is 17.2 Å². The highest BCUT2D eigenvalue weighted by Crippen LogP contribution is 2.34. The maximum absolute atomic E-state index is 12.8. The van der Waals surface area contributed by atoms with Crippen LogP contribution in [0.3, 0.4) is 0 Å². The van der Waals surface area contributed by atoms with Crippen LogP contribution in [0, 0.1) is 6.92 Å². The summed E-state index contributed by atoms with van der Waals surface area (Å²) in [5, 5.41) is 7.59. The largest absolute Gasteiger partial charge is 0.462 e. The van der Waals surface area contributed by atoms with Gasteiger partial charge in [-0.2, -0.15) is 0 Å². The number of benzene rings is 1. The lowest BCUT2D eigenvalue weighted by atomic mass is 10.1. The molecule has 0 fully saturated rings. The molecule has 0 radical (unpaired) electrons. The van der Waals surface area contributed by atoms with Crippen molar-refractivity contribution in [3.8, 4) is 0 Å². The van der Waals surface area contributed by atoms with Crippen LogP contribution >= 0.6 is 11.3 Å². The molecule has 2 amide bonds. The first-order chi connectivity index (χ1) is 14.3. The van der Waals surface area contributed by atoms with Crippen molar-refractivity contribution >= 4 is 39.8 Å². The van der Waals surface area contributed by atoms with E-state index < -0.39 is 23.4 Å². The molecule has 0 bridgehead atoms. The average molecular weight is 431 g/mol. The Hall–Kier alpha value is -3.73. The van der Waals surface area contributed by atoms with Gasteiger partial charge in [0.2, 0.25) is 0 Å². The maximum atomic E-state index is 12.8. The summed E-state index contributed by atoms with van der Waals surface area (Å²) in [7, 11) is 1.42. The number of amides is 2. The van der Waals surface area contributed by atoms with E-state index in [9.17, 15) is 19.2 Å². The molecular formula is C19H19N4O6S+. The first-order valence-electron chi connectivity index (χ1n) is 8.89. The number of aromatic nitrogens is 2. The molecule has 156 valence electrons. The minimum Gasteiger partial charge on any atom is -0.462 e. The number of anilines is 2. The van der Waals surface area contributed by atoms with Gasteiger partial charge < -0.3 is 15.4 Å². The van der Waals surface area contributed by atoms with Crippen LogP contribution in [0.5, 0.6) is 0 Å². The summed E-state index contributed by atoms with van der Waals surface area (Å²) in [5.41, 5.74) is -0.187. The van der Waals surface area contributed by atoms with Gasteiger partial charge in [0.1, 0.15) is 5.00 Å². The van der Waals surface area contributed by atoms with Crippen molar-refractivity contribution in [1.29, 1.82) is 0 Å². The van der Waals surface area contributed by atoms with E-state index in [0.29, 0.717) is 11.3 Å². The maximum Gasteiger partial charge on any atom is 0.440 e. The van der Waals surface area contributed by atoms with Crippen LogP contribution in [0.2, 0.25) is 0 Å². The molecular weight excluding hydrogens is 412 g/mol. The number of nitrogens with one attached hydrogen (secondary N) is 3. The van der Waals surface area contributed by atoms with Crippen molar-refractivity contribution in [1.82, 2.24) is 5.27 Å². The van der Waals surface area contributed by atoms with Gasteiger partial charge in [-0.05, 0) is 36.8 Å². The zero-order valence-electron chi connectivity index (χ0n) is 16.4. The molecule has 0 aliphatic rings. The van der Waals surface area contributed by atoms with Gasteiger partial charge in [0, 0.05) is 5.69 Å². The number of hydrogen-bond acceptors (Lipinski definition) is 7. The third-order valence-electron chi connectivity index (χ3n) is 4.11. The van der Waals surface area contributed by atoms with Crippen molar-refractivity contribution in [2.45, 2.75) is 13.8 Å². The summed E-state index contributed by atoms with van der Waals surface area (Å²) in [5.74, 6) is -1.93. The predicted octanol–water partition coefficient (Wildman–Crippen LogP) is 1.84. The van der Waals surface area contributed by atoms with Crippen LogP contribution in [0.4, 0.5) is 10.7 Å². The number of aryl methyl sites for hydroxylation is 1. The molecule has 3 N–H and O–H groups in total. The smallest absolute Gasteiger partial charge is 0.440 e. The van der Waals surface area contributed by atoms with Gasteiger partial charge in [-0.3, -0.25) is 14.1 Å². The Kier molecular flexibility index (Phi) is 6.11. The molecule has 3 aromatic rings. The van der Waals surface area contributed by atoms with Gasteiger partial charge in [-0.1, -0.05) is 22.9 Å². The molecule has 3 rings (SSSR count). The van der Waals surface area contributed by atoms with E-state index in [0.717, 1.165) is 16.0 Å². The minimum atomic E-state index is -0.872. The number of carbonyl (C=O) groups is 3. The fraction of sp³-hybridized carbons (Fsp3) is 0.211. The summed E-state index contributed by atoms with van der Waals surface area (Å²) in [6.07, 6.45) is 0. The number of esters is 1. The van der Waals surface area contributed by atoms with Crippen LogP contribution < -0.4 is 20.9 Å². The fourth-order valence-corrected chi connectivity index (χ4v) is 3.81. The molecule has 0 saturated heterocycles. The standard InChI is InChI=1S/C19H18N4O6S/c1-4-28-18(26)12-10(2)14(16(25)20-11-8-6-5-7-9-11)30-17(12)21-15(24)13-19(27)29-22-23(13)3/h5-9H,4H2,1-3H3,(H2-,20,21,22,24,25,26,27)/p+1. The summed E-state index contributed by atoms with van der Waals surface area (Å²) < 4.78 is 10.7.